The summed E-state index contributed by atoms with van der Waals surface area (Å²) in [6, 6.07) is 0. The van der Waals surface area contributed by atoms with Crippen molar-refractivity contribution in [3.63, 3.8) is 0 Å². The van der Waals surface area contributed by atoms with Crippen LogP contribution in [0.1, 0.15) is 0 Å². The minimum absolute atomic E-state index is 0.115. The van der Waals surface area contributed by atoms with Gasteiger partial charge in [0, 0.05) is 6.54 Å². The van der Waals surface area contributed by atoms with E-state index >= 15 is 0 Å². The molecule has 3 heteroatoms. The van der Waals surface area contributed by atoms with Crippen LogP contribution in [0.2, 0.25) is 0 Å². The highest BCUT2D eigenvalue weighted by molar-refractivity contribution is 4.34. The Morgan fingerprint density at radius 1 is 1.50 bits per heavy atom. The molecule has 0 aromatic carbocycles. The summed E-state index contributed by atoms with van der Waals surface area (Å²) in [6.45, 7) is 2.09. The van der Waals surface area contributed by atoms with Crippen LogP contribution in [0.5, 0.6) is 0 Å². The highest BCUT2D eigenvalue weighted by Crippen LogP contribution is 1.68. The lowest BCUT2D eigenvalue weighted by molar-refractivity contribution is 0.0948. The first kappa shape index (κ1) is 7.88. The number of ether oxygens (including phenoxy) is 1. The molecule has 3 nitrogen and oxygen atoms in total. The van der Waals surface area contributed by atoms with Crippen LogP contribution >= 0.6 is 0 Å². The van der Waals surface area contributed by atoms with Crippen LogP contribution in [0.3, 0.4) is 0 Å². The number of likely N-dealkylation sites (N-methyl/N-ethyl adjacent to an activating group) is 1. The second-order valence-corrected chi connectivity index (χ2v) is 1.44. The second kappa shape index (κ2) is 6.88. The molecule has 0 aliphatic heterocycles. The van der Waals surface area contributed by atoms with Gasteiger partial charge in [0.25, 0.3) is 0 Å². The van der Waals surface area contributed by atoms with Gasteiger partial charge in [-0.25, -0.2) is 0 Å². The number of hydrogen-bond donors (Lipinski definition) is 2. The maximum Gasteiger partial charge on any atom is 0.0698 e. The van der Waals surface area contributed by atoms with Crippen LogP contribution in [-0.2, 0) is 4.74 Å². The van der Waals surface area contributed by atoms with Crippen LogP contribution in [-0.4, -0.2) is 38.5 Å². The third-order valence-electron chi connectivity index (χ3n) is 0.732. The summed E-state index contributed by atoms with van der Waals surface area (Å²) in [4.78, 5) is 0. The quantitative estimate of drug-likeness (QED) is 0.466. The fourth-order valence-corrected chi connectivity index (χ4v) is 0.341. The number of nitrogens with one attached hydrogen (secondary N) is 1. The van der Waals surface area contributed by atoms with Gasteiger partial charge in [-0.05, 0) is 7.05 Å². The molecule has 0 atom stereocenters. The minimum atomic E-state index is 0.115. The molecule has 0 radical (unpaired) electrons. The summed E-state index contributed by atoms with van der Waals surface area (Å²) in [5, 5.41) is 11.1. The predicted octanol–water partition coefficient (Wildman–Crippen LogP) is -0.785. The van der Waals surface area contributed by atoms with Gasteiger partial charge in [-0.1, -0.05) is 0 Å². The normalized spacial score (nSPS) is 9.75. The molecule has 0 aromatic rings. The lowest BCUT2D eigenvalue weighted by Gasteiger charge is -1.98. The summed E-state index contributed by atoms with van der Waals surface area (Å²) in [7, 11) is 1.86. The molecule has 0 unspecified atom stereocenters. The summed E-state index contributed by atoms with van der Waals surface area (Å²) in [5.74, 6) is 0. The lowest BCUT2D eigenvalue weighted by atomic mass is 10.7. The molecule has 0 heterocycles. The molecule has 0 fully saturated rings. The van der Waals surface area contributed by atoms with Crippen molar-refractivity contribution in [2.45, 2.75) is 0 Å². The Labute approximate surface area is 49.7 Å². The Morgan fingerprint density at radius 3 is 2.75 bits per heavy atom. The molecule has 0 aromatic heterocycles. The maximum atomic E-state index is 8.22. The lowest BCUT2D eigenvalue weighted by Crippen LogP contribution is -2.15. The van der Waals surface area contributed by atoms with Gasteiger partial charge in [-0.3, -0.25) is 0 Å². The van der Waals surface area contributed by atoms with Gasteiger partial charge in [-0.2, -0.15) is 0 Å². The molecule has 0 saturated carbocycles. The first-order valence-electron chi connectivity index (χ1n) is 2.75. The van der Waals surface area contributed by atoms with E-state index in [4.69, 9.17) is 9.84 Å². The number of rotatable bonds is 5. The van der Waals surface area contributed by atoms with Crippen molar-refractivity contribution in [3.8, 4) is 0 Å². The molecular weight excluding hydrogens is 106 g/mol. The van der Waals surface area contributed by atoms with Crippen molar-refractivity contribution in [1.29, 1.82) is 0 Å². The Morgan fingerprint density at radius 2 is 2.25 bits per heavy atom. The third-order valence-corrected chi connectivity index (χ3v) is 0.732. The van der Waals surface area contributed by atoms with Gasteiger partial charge in [-0.15, -0.1) is 0 Å². The first-order valence-corrected chi connectivity index (χ1v) is 2.75. The van der Waals surface area contributed by atoms with Crippen LogP contribution in [0.25, 0.3) is 0 Å². The van der Waals surface area contributed by atoms with E-state index in [1.807, 2.05) is 7.05 Å². The monoisotopic (exact) mass is 119 g/mol. The van der Waals surface area contributed by atoms with E-state index < -0.39 is 0 Å². The molecule has 0 saturated heterocycles. The standard InChI is InChI=1S/C5H13NO2/c1-6-2-4-8-5-3-7/h6-7H,2-5H2,1H3. The van der Waals surface area contributed by atoms with E-state index in [1.165, 1.54) is 0 Å². The van der Waals surface area contributed by atoms with E-state index in [1.54, 1.807) is 0 Å². The van der Waals surface area contributed by atoms with E-state index in [9.17, 15) is 0 Å². The van der Waals surface area contributed by atoms with Gasteiger partial charge < -0.3 is 15.2 Å². The average Bonchev–Trinajstić information content (AvgIpc) is 1.81. The summed E-state index contributed by atoms with van der Waals surface area (Å²) >= 11 is 0. The fraction of sp³-hybridized carbons (Fsp3) is 1.00. The zero-order valence-corrected chi connectivity index (χ0v) is 5.18. The largest absolute Gasteiger partial charge is 0.394 e. The molecule has 0 amide bonds. The van der Waals surface area contributed by atoms with Crippen molar-refractivity contribution >= 4 is 0 Å². The number of aliphatic hydroxyl groups excluding tert-OH is 1. The summed E-state index contributed by atoms with van der Waals surface area (Å²) in [5.41, 5.74) is 0. The molecule has 0 rings (SSSR count). The Balaban J connectivity index is 2.53. The number of hydrogen-bond acceptors (Lipinski definition) is 3. The van der Waals surface area contributed by atoms with E-state index in [2.05, 4.69) is 5.32 Å². The Kier molecular flexibility index (Phi) is 6.78. The van der Waals surface area contributed by atoms with Gasteiger partial charge in [0.15, 0.2) is 0 Å². The van der Waals surface area contributed by atoms with Crippen LogP contribution in [0, 0.1) is 0 Å². The van der Waals surface area contributed by atoms with Crippen molar-refractivity contribution in [2.75, 3.05) is 33.4 Å². The fourth-order valence-electron chi connectivity index (χ4n) is 0.341. The highest BCUT2D eigenvalue weighted by Gasteiger charge is 1.81. The van der Waals surface area contributed by atoms with Gasteiger partial charge >= 0.3 is 0 Å². The molecular formula is C5H13NO2. The van der Waals surface area contributed by atoms with Gasteiger partial charge in [0.2, 0.25) is 0 Å². The molecule has 2 N–H and O–H groups in total. The Bertz CT molecular complexity index is 35.4. The van der Waals surface area contributed by atoms with Crippen LogP contribution < -0.4 is 5.32 Å². The summed E-state index contributed by atoms with van der Waals surface area (Å²) in [6.07, 6.45) is 0. The molecule has 0 aliphatic rings. The van der Waals surface area contributed by atoms with E-state index in [0.29, 0.717) is 13.2 Å². The summed E-state index contributed by atoms with van der Waals surface area (Å²) < 4.78 is 4.91. The van der Waals surface area contributed by atoms with Crippen LogP contribution in [0.15, 0.2) is 0 Å². The molecule has 0 spiro atoms. The van der Waals surface area contributed by atoms with Crippen molar-refractivity contribution < 1.29 is 9.84 Å². The topological polar surface area (TPSA) is 41.5 Å². The molecule has 50 valence electrons. The zero-order chi connectivity index (χ0) is 6.24. The van der Waals surface area contributed by atoms with Crippen LogP contribution in [0.4, 0.5) is 0 Å². The highest BCUT2D eigenvalue weighted by atomic mass is 16.5. The van der Waals surface area contributed by atoms with E-state index in [-0.39, 0.29) is 6.61 Å². The average molecular weight is 119 g/mol. The van der Waals surface area contributed by atoms with Crippen molar-refractivity contribution in [1.82, 2.24) is 5.32 Å². The second-order valence-electron chi connectivity index (χ2n) is 1.44. The zero-order valence-electron chi connectivity index (χ0n) is 5.18. The smallest absolute Gasteiger partial charge is 0.0698 e. The van der Waals surface area contributed by atoms with Gasteiger partial charge in [0.05, 0.1) is 19.8 Å². The SMILES string of the molecule is CNCCOCCO. The maximum absolute atomic E-state index is 8.22. The molecule has 8 heavy (non-hydrogen) atoms. The van der Waals surface area contributed by atoms with Gasteiger partial charge in [0.1, 0.15) is 0 Å². The van der Waals surface area contributed by atoms with E-state index in [0.717, 1.165) is 6.54 Å². The third kappa shape index (κ3) is 5.88. The Hall–Kier alpha value is -0.120. The number of aliphatic hydroxyl groups is 1. The van der Waals surface area contributed by atoms with Crippen molar-refractivity contribution in [3.05, 3.63) is 0 Å². The first-order chi connectivity index (χ1) is 3.91. The molecule has 0 bridgehead atoms. The predicted molar refractivity (Wildman–Crippen MR) is 31.8 cm³/mol. The van der Waals surface area contributed by atoms with Crippen molar-refractivity contribution in [2.24, 2.45) is 0 Å². The minimum Gasteiger partial charge on any atom is -0.394 e. The molecule has 0 aliphatic carbocycles.